The molecule has 7 nitrogen and oxygen atoms in total. The van der Waals surface area contributed by atoms with Gasteiger partial charge in [-0.25, -0.2) is 0 Å². The first-order valence-electron chi connectivity index (χ1n) is 10.1. The molecule has 4 rings (SSSR count). The first kappa shape index (κ1) is 21.6. The number of β-amino-alcohol motifs (C(OH)–C–C–N with tert-alkyl or cyclic N) is 1. The van der Waals surface area contributed by atoms with Gasteiger partial charge in [0.2, 0.25) is 17.7 Å². The predicted molar refractivity (Wildman–Crippen MR) is 120 cm³/mol. The molecule has 162 valence electrons. The standard InChI is InChI=1S/C21H26BrN3O4S/c1-10-4-5-11(2)13(8-10)24-19(28)17-21-9-12(22)16(30-21)14(18(27)23-3)15(21)20(29)25(17)6-7-26/h4-5,8,12,14-17,26H,6-7,9H2,1-3H3,(H,23,27)(H,24,28)/t12?,14-,15+,16-,17?,21?/m1/s1. The second-order valence-corrected chi connectivity index (χ2v) is 11.1. The Hall–Kier alpha value is -1.58. The normalized spacial score (nSPS) is 34.2. The summed E-state index contributed by atoms with van der Waals surface area (Å²) in [5.74, 6) is -1.71. The fraction of sp³-hybridized carbons (Fsp3) is 0.571. The maximum Gasteiger partial charge on any atom is 0.248 e. The van der Waals surface area contributed by atoms with E-state index >= 15 is 0 Å². The molecular formula is C21H26BrN3O4S. The number of amides is 3. The molecule has 0 aliphatic carbocycles. The number of aryl methyl sites for hydroxylation is 2. The van der Waals surface area contributed by atoms with Crippen molar-refractivity contribution in [1.82, 2.24) is 10.2 Å². The summed E-state index contributed by atoms with van der Waals surface area (Å²) < 4.78 is -0.690. The Morgan fingerprint density at radius 2 is 2.07 bits per heavy atom. The lowest BCUT2D eigenvalue weighted by molar-refractivity contribution is -0.139. The Kier molecular flexibility index (Phi) is 5.65. The highest BCUT2D eigenvalue weighted by molar-refractivity contribution is 9.09. The van der Waals surface area contributed by atoms with Crippen LogP contribution in [0.3, 0.4) is 0 Å². The molecule has 3 aliphatic heterocycles. The lowest BCUT2D eigenvalue weighted by atomic mass is 9.70. The number of aliphatic hydroxyl groups excluding tert-OH is 1. The summed E-state index contributed by atoms with van der Waals surface area (Å²) in [5, 5.41) is 15.2. The molecule has 0 aromatic heterocycles. The maximum absolute atomic E-state index is 13.6. The number of aliphatic hydroxyl groups is 1. The molecule has 3 unspecified atom stereocenters. The van der Waals surface area contributed by atoms with Gasteiger partial charge in [-0.2, -0.15) is 0 Å². The number of carbonyl (C=O) groups is 3. The van der Waals surface area contributed by atoms with Crippen molar-refractivity contribution in [3.63, 3.8) is 0 Å². The predicted octanol–water partition coefficient (Wildman–Crippen LogP) is 1.44. The van der Waals surface area contributed by atoms with Crippen molar-refractivity contribution in [3.05, 3.63) is 29.3 Å². The van der Waals surface area contributed by atoms with Gasteiger partial charge in [-0.1, -0.05) is 28.1 Å². The summed E-state index contributed by atoms with van der Waals surface area (Å²) in [6, 6.07) is 5.10. The fourth-order valence-corrected chi connectivity index (χ4v) is 8.93. The van der Waals surface area contributed by atoms with E-state index in [1.54, 1.807) is 18.8 Å². The van der Waals surface area contributed by atoms with Gasteiger partial charge >= 0.3 is 0 Å². The quantitative estimate of drug-likeness (QED) is 0.536. The highest BCUT2D eigenvalue weighted by atomic mass is 79.9. The molecule has 3 N–H and O–H groups in total. The van der Waals surface area contributed by atoms with Crippen molar-refractivity contribution in [2.75, 3.05) is 25.5 Å². The Labute approximate surface area is 188 Å². The van der Waals surface area contributed by atoms with Gasteiger partial charge in [0, 0.05) is 29.4 Å². The van der Waals surface area contributed by atoms with Crippen molar-refractivity contribution >= 4 is 51.1 Å². The number of hydrogen-bond acceptors (Lipinski definition) is 5. The van der Waals surface area contributed by atoms with Crippen LogP contribution < -0.4 is 10.6 Å². The Morgan fingerprint density at radius 1 is 1.33 bits per heavy atom. The SMILES string of the molecule is CNC(=O)[C@H]1[C@@H]2SC3(CC2Br)C(C(=O)Nc2cc(C)ccc2C)N(CCO)C(=O)[C@H]13. The largest absolute Gasteiger partial charge is 0.395 e. The molecule has 3 saturated heterocycles. The van der Waals surface area contributed by atoms with Crippen LogP contribution in [0.25, 0.3) is 0 Å². The van der Waals surface area contributed by atoms with E-state index < -0.39 is 22.6 Å². The van der Waals surface area contributed by atoms with Crippen LogP contribution in [0.1, 0.15) is 17.5 Å². The first-order valence-corrected chi connectivity index (χ1v) is 11.9. The van der Waals surface area contributed by atoms with E-state index in [2.05, 4.69) is 26.6 Å². The molecule has 1 aromatic rings. The number of hydrogen-bond donors (Lipinski definition) is 3. The van der Waals surface area contributed by atoms with Crippen LogP contribution in [0.15, 0.2) is 18.2 Å². The molecule has 3 amide bonds. The number of carbonyl (C=O) groups excluding carboxylic acids is 3. The molecule has 6 atom stereocenters. The zero-order chi connectivity index (χ0) is 21.8. The van der Waals surface area contributed by atoms with Crippen molar-refractivity contribution < 1.29 is 19.5 Å². The van der Waals surface area contributed by atoms with Gasteiger partial charge in [0.15, 0.2) is 0 Å². The number of rotatable bonds is 5. The van der Waals surface area contributed by atoms with E-state index in [4.69, 9.17) is 0 Å². The average Bonchev–Trinajstić information content (AvgIpc) is 3.28. The van der Waals surface area contributed by atoms with E-state index in [1.165, 1.54) is 4.90 Å². The third kappa shape index (κ3) is 3.08. The second kappa shape index (κ2) is 7.84. The third-order valence-corrected chi connectivity index (χ3v) is 9.80. The molecule has 1 aromatic carbocycles. The first-order chi connectivity index (χ1) is 14.2. The van der Waals surface area contributed by atoms with Crippen molar-refractivity contribution in [1.29, 1.82) is 0 Å². The molecular weight excluding hydrogens is 470 g/mol. The molecule has 30 heavy (non-hydrogen) atoms. The van der Waals surface area contributed by atoms with Crippen LogP contribution in [-0.2, 0) is 14.4 Å². The number of fused-ring (bicyclic) bond motifs is 1. The minimum Gasteiger partial charge on any atom is -0.395 e. The third-order valence-electron chi connectivity index (χ3n) is 6.58. The van der Waals surface area contributed by atoms with E-state index in [0.29, 0.717) is 12.1 Å². The van der Waals surface area contributed by atoms with E-state index in [-0.39, 0.29) is 41.0 Å². The molecule has 3 aliphatic rings. The van der Waals surface area contributed by atoms with Crippen LogP contribution >= 0.6 is 27.7 Å². The topological polar surface area (TPSA) is 98.7 Å². The summed E-state index contributed by atoms with van der Waals surface area (Å²) in [7, 11) is 1.57. The summed E-state index contributed by atoms with van der Waals surface area (Å²) in [4.78, 5) is 41.2. The van der Waals surface area contributed by atoms with Crippen molar-refractivity contribution in [2.45, 2.75) is 41.1 Å². The lowest BCUT2D eigenvalue weighted by Gasteiger charge is -2.35. The van der Waals surface area contributed by atoms with Gasteiger partial charge < -0.3 is 20.6 Å². The number of halogens is 1. The average molecular weight is 496 g/mol. The minimum atomic E-state index is -0.744. The van der Waals surface area contributed by atoms with Crippen LogP contribution in [0.2, 0.25) is 0 Å². The number of alkyl halides is 1. The minimum absolute atomic E-state index is 0.0407. The number of benzene rings is 1. The second-order valence-electron chi connectivity index (χ2n) is 8.34. The number of likely N-dealkylation sites (tertiary alicyclic amines) is 1. The lowest BCUT2D eigenvalue weighted by Crippen LogP contribution is -2.53. The molecule has 0 saturated carbocycles. The molecule has 9 heteroatoms. The number of thioether (sulfide) groups is 1. The van der Waals surface area contributed by atoms with E-state index in [1.807, 2.05) is 32.0 Å². The van der Waals surface area contributed by atoms with Gasteiger partial charge in [0.25, 0.3) is 0 Å². The van der Waals surface area contributed by atoms with Crippen LogP contribution in [0.5, 0.6) is 0 Å². The van der Waals surface area contributed by atoms with Gasteiger partial charge in [-0.05, 0) is 37.5 Å². The summed E-state index contributed by atoms with van der Waals surface area (Å²) in [5.41, 5.74) is 2.68. The van der Waals surface area contributed by atoms with Gasteiger partial charge in [0.05, 0.1) is 23.2 Å². The van der Waals surface area contributed by atoms with E-state index in [9.17, 15) is 19.5 Å². The van der Waals surface area contributed by atoms with Crippen LogP contribution in [0.4, 0.5) is 5.69 Å². The smallest absolute Gasteiger partial charge is 0.248 e. The van der Waals surface area contributed by atoms with Crippen LogP contribution in [0, 0.1) is 25.7 Å². The number of nitrogens with one attached hydrogen (secondary N) is 2. The van der Waals surface area contributed by atoms with Crippen molar-refractivity contribution in [3.8, 4) is 0 Å². The molecule has 0 radical (unpaired) electrons. The number of nitrogens with zero attached hydrogens (tertiary/aromatic N) is 1. The summed E-state index contributed by atoms with van der Waals surface area (Å²) in [6.07, 6.45) is 0.624. The summed E-state index contributed by atoms with van der Waals surface area (Å²) >= 11 is 5.28. The zero-order valence-corrected chi connectivity index (χ0v) is 19.5. The zero-order valence-electron chi connectivity index (χ0n) is 17.1. The van der Waals surface area contributed by atoms with Crippen molar-refractivity contribution in [2.24, 2.45) is 11.8 Å². The highest BCUT2D eigenvalue weighted by Crippen LogP contribution is 2.67. The molecule has 2 bridgehead atoms. The van der Waals surface area contributed by atoms with Gasteiger partial charge in [0.1, 0.15) is 6.04 Å². The summed E-state index contributed by atoms with van der Waals surface area (Å²) in [6.45, 7) is 3.71. The Balaban J connectivity index is 1.74. The monoisotopic (exact) mass is 495 g/mol. The molecule has 1 spiro atoms. The fourth-order valence-electron chi connectivity index (χ4n) is 5.32. The number of anilines is 1. The van der Waals surface area contributed by atoms with E-state index in [0.717, 1.165) is 11.1 Å². The molecule has 3 heterocycles. The van der Waals surface area contributed by atoms with Gasteiger partial charge in [-0.3, -0.25) is 14.4 Å². The van der Waals surface area contributed by atoms with Gasteiger partial charge in [-0.15, -0.1) is 11.8 Å². The maximum atomic E-state index is 13.6. The Morgan fingerprint density at radius 3 is 2.73 bits per heavy atom. The van der Waals surface area contributed by atoms with Crippen LogP contribution in [-0.4, -0.2) is 68.8 Å². The molecule has 3 fully saturated rings. The highest BCUT2D eigenvalue weighted by Gasteiger charge is 2.75. The Bertz CT molecular complexity index is 912.